The first-order valence-corrected chi connectivity index (χ1v) is 4.05. The van der Waals surface area contributed by atoms with Crippen molar-refractivity contribution in [2.75, 3.05) is 0 Å². The molecule has 0 saturated heterocycles. The summed E-state index contributed by atoms with van der Waals surface area (Å²) in [5.41, 5.74) is 2.09. The van der Waals surface area contributed by atoms with Gasteiger partial charge in [0, 0.05) is 6.08 Å². The molecule has 1 aromatic carbocycles. The molecule has 0 saturated carbocycles. The Kier molecular flexibility index (Phi) is 3.03. The highest BCUT2D eigenvalue weighted by atomic mass is 16.4. The van der Waals surface area contributed by atoms with E-state index in [2.05, 4.69) is 0 Å². The molecular formula is C11H9NO2. The van der Waals surface area contributed by atoms with Gasteiger partial charge in [-0.1, -0.05) is 12.1 Å². The maximum atomic E-state index is 10.3. The zero-order valence-corrected chi connectivity index (χ0v) is 7.69. The minimum absolute atomic E-state index is 0.488. The molecule has 1 N–H and O–H groups in total. The molecule has 0 aliphatic heterocycles. The minimum atomic E-state index is -1.02. The van der Waals surface area contributed by atoms with Crippen molar-refractivity contribution in [1.82, 2.24) is 0 Å². The molecule has 0 heterocycles. The quantitative estimate of drug-likeness (QED) is 0.720. The fourth-order valence-electron chi connectivity index (χ4n) is 1.07. The second kappa shape index (κ2) is 4.24. The third kappa shape index (κ3) is 2.46. The van der Waals surface area contributed by atoms with Crippen molar-refractivity contribution in [2.24, 2.45) is 0 Å². The molecule has 0 unspecified atom stereocenters. The number of carbonyl (C=O) groups is 1. The van der Waals surface area contributed by atoms with Gasteiger partial charge < -0.3 is 5.11 Å². The number of benzene rings is 1. The van der Waals surface area contributed by atoms with Gasteiger partial charge in [-0.05, 0) is 30.2 Å². The fourth-order valence-corrected chi connectivity index (χ4v) is 1.07. The van der Waals surface area contributed by atoms with Crippen LogP contribution in [0.15, 0.2) is 24.3 Å². The molecular weight excluding hydrogens is 178 g/mol. The van der Waals surface area contributed by atoms with E-state index in [0.29, 0.717) is 11.1 Å². The van der Waals surface area contributed by atoms with Gasteiger partial charge in [0.2, 0.25) is 0 Å². The van der Waals surface area contributed by atoms with Gasteiger partial charge in [0.15, 0.2) is 0 Å². The van der Waals surface area contributed by atoms with Crippen LogP contribution in [0, 0.1) is 18.3 Å². The van der Waals surface area contributed by atoms with Crippen molar-refractivity contribution >= 4 is 12.0 Å². The van der Waals surface area contributed by atoms with E-state index in [1.54, 1.807) is 12.1 Å². The molecule has 0 aromatic heterocycles. The Bertz CT molecular complexity index is 427. The molecule has 0 spiro atoms. The van der Waals surface area contributed by atoms with E-state index in [1.165, 1.54) is 6.08 Å². The van der Waals surface area contributed by atoms with Crippen molar-refractivity contribution in [2.45, 2.75) is 6.92 Å². The summed E-state index contributed by atoms with van der Waals surface area (Å²) in [6.45, 7) is 1.88. The second-order valence-corrected chi connectivity index (χ2v) is 2.87. The third-order valence-corrected chi connectivity index (χ3v) is 1.73. The third-order valence-electron chi connectivity index (χ3n) is 1.73. The van der Waals surface area contributed by atoms with Crippen LogP contribution in [0.2, 0.25) is 0 Å². The maximum Gasteiger partial charge on any atom is 0.328 e. The summed E-state index contributed by atoms with van der Waals surface area (Å²) in [6.07, 6.45) is 2.44. The molecule has 0 bridgehead atoms. The van der Waals surface area contributed by atoms with Crippen LogP contribution in [0.25, 0.3) is 6.08 Å². The van der Waals surface area contributed by atoms with E-state index >= 15 is 0 Å². The van der Waals surface area contributed by atoms with Crippen molar-refractivity contribution in [1.29, 1.82) is 5.26 Å². The van der Waals surface area contributed by atoms with Crippen LogP contribution in [0.1, 0.15) is 16.7 Å². The summed E-state index contributed by atoms with van der Waals surface area (Å²) in [4.78, 5) is 10.3. The lowest BCUT2D eigenvalue weighted by Crippen LogP contribution is -1.88. The Morgan fingerprint density at radius 1 is 1.57 bits per heavy atom. The van der Waals surface area contributed by atoms with Gasteiger partial charge in [-0.25, -0.2) is 4.79 Å². The highest BCUT2D eigenvalue weighted by molar-refractivity contribution is 5.85. The molecule has 0 fully saturated rings. The van der Waals surface area contributed by atoms with E-state index in [-0.39, 0.29) is 0 Å². The molecule has 70 valence electrons. The van der Waals surface area contributed by atoms with Crippen molar-refractivity contribution in [3.8, 4) is 6.07 Å². The Balaban J connectivity index is 3.10. The number of carboxylic acid groups (broad SMARTS) is 1. The zero-order chi connectivity index (χ0) is 10.6. The van der Waals surface area contributed by atoms with Gasteiger partial charge in [0.25, 0.3) is 0 Å². The van der Waals surface area contributed by atoms with Crippen LogP contribution in [-0.4, -0.2) is 11.1 Å². The molecule has 3 heteroatoms. The Morgan fingerprint density at radius 3 is 2.86 bits per heavy atom. The zero-order valence-electron chi connectivity index (χ0n) is 7.69. The topological polar surface area (TPSA) is 61.1 Å². The number of nitriles is 1. The Morgan fingerprint density at radius 2 is 2.29 bits per heavy atom. The lowest BCUT2D eigenvalue weighted by atomic mass is 10.1. The summed E-state index contributed by atoms with van der Waals surface area (Å²) in [5, 5.41) is 17.2. The summed E-state index contributed by atoms with van der Waals surface area (Å²) in [7, 11) is 0. The van der Waals surface area contributed by atoms with Crippen molar-refractivity contribution in [3.05, 3.63) is 41.0 Å². The van der Waals surface area contributed by atoms with Gasteiger partial charge in [0.1, 0.15) is 0 Å². The molecule has 1 rings (SSSR count). The number of rotatable bonds is 2. The highest BCUT2D eigenvalue weighted by Gasteiger charge is 1.98. The van der Waals surface area contributed by atoms with Gasteiger partial charge in [-0.2, -0.15) is 5.26 Å². The normalized spacial score (nSPS) is 10.0. The van der Waals surface area contributed by atoms with E-state index in [9.17, 15) is 4.79 Å². The van der Waals surface area contributed by atoms with E-state index in [1.807, 2.05) is 19.1 Å². The van der Waals surface area contributed by atoms with Gasteiger partial charge in [-0.15, -0.1) is 0 Å². The van der Waals surface area contributed by atoms with Gasteiger partial charge >= 0.3 is 5.97 Å². The molecule has 14 heavy (non-hydrogen) atoms. The number of aliphatic carboxylic acids is 1. The number of nitrogens with zero attached hydrogens (tertiary/aromatic N) is 1. The minimum Gasteiger partial charge on any atom is -0.478 e. The van der Waals surface area contributed by atoms with E-state index in [0.717, 1.165) is 11.6 Å². The highest BCUT2D eigenvalue weighted by Crippen LogP contribution is 2.12. The van der Waals surface area contributed by atoms with Gasteiger partial charge in [-0.3, -0.25) is 0 Å². The van der Waals surface area contributed by atoms with Crippen LogP contribution in [0.4, 0.5) is 0 Å². The summed E-state index contributed by atoms with van der Waals surface area (Å²) >= 11 is 0. The molecule has 3 nitrogen and oxygen atoms in total. The Hall–Kier alpha value is -2.08. The summed E-state index contributed by atoms with van der Waals surface area (Å²) in [6, 6.07) is 7.30. The lowest BCUT2D eigenvalue weighted by Gasteiger charge is -1.98. The van der Waals surface area contributed by atoms with E-state index in [4.69, 9.17) is 10.4 Å². The fraction of sp³-hybridized carbons (Fsp3) is 0.0909. The predicted molar refractivity (Wildman–Crippen MR) is 52.6 cm³/mol. The maximum absolute atomic E-state index is 10.3. The smallest absolute Gasteiger partial charge is 0.328 e. The number of hydrogen-bond acceptors (Lipinski definition) is 2. The van der Waals surface area contributed by atoms with E-state index < -0.39 is 5.97 Å². The predicted octanol–water partition coefficient (Wildman–Crippen LogP) is 1.96. The van der Waals surface area contributed by atoms with Crippen LogP contribution >= 0.6 is 0 Å². The molecule has 0 amide bonds. The number of carboxylic acids is 1. The molecule has 0 radical (unpaired) electrons. The number of aryl methyl sites for hydroxylation is 1. The average Bonchev–Trinajstić information content (AvgIpc) is 2.15. The molecule has 0 atom stereocenters. The molecule has 0 aliphatic carbocycles. The number of hydrogen-bond donors (Lipinski definition) is 1. The summed E-state index contributed by atoms with van der Waals surface area (Å²) < 4.78 is 0. The largest absolute Gasteiger partial charge is 0.478 e. The van der Waals surface area contributed by atoms with Crippen LogP contribution in [0.5, 0.6) is 0 Å². The second-order valence-electron chi connectivity index (χ2n) is 2.87. The first-order chi connectivity index (χ1) is 6.63. The monoisotopic (exact) mass is 187 g/mol. The summed E-state index contributed by atoms with van der Waals surface area (Å²) in [5.74, 6) is -1.02. The van der Waals surface area contributed by atoms with Crippen LogP contribution < -0.4 is 0 Å². The first-order valence-electron chi connectivity index (χ1n) is 4.05. The lowest BCUT2D eigenvalue weighted by molar-refractivity contribution is -0.131. The Labute approximate surface area is 81.9 Å². The van der Waals surface area contributed by atoms with Crippen molar-refractivity contribution < 1.29 is 9.90 Å². The molecule has 1 aromatic rings. The molecule has 0 aliphatic rings. The average molecular weight is 187 g/mol. The first kappa shape index (κ1) is 10.0. The van der Waals surface area contributed by atoms with Crippen LogP contribution in [0.3, 0.4) is 0 Å². The SMILES string of the molecule is Cc1ccc(C=CC(=O)O)c(C#N)c1. The van der Waals surface area contributed by atoms with Crippen molar-refractivity contribution in [3.63, 3.8) is 0 Å². The van der Waals surface area contributed by atoms with Gasteiger partial charge in [0.05, 0.1) is 11.6 Å². The van der Waals surface area contributed by atoms with Crippen LogP contribution in [-0.2, 0) is 4.79 Å². The standard InChI is InChI=1S/C11H9NO2/c1-8-2-3-9(4-5-11(13)14)10(6-8)7-12/h2-6H,1H3,(H,13,14).